The first-order valence-electron chi connectivity index (χ1n) is 6.34. The van der Waals surface area contributed by atoms with Crippen molar-refractivity contribution >= 4 is 22.5 Å². The van der Waals surface area contributed by atoms with Crippen LogP contribution in [0.25, 0.3) is 10.9 Å². The topological polar surface area (TPSA) is 118 Å². The van der Waals surface area contributed by atoms with Crippen LogP contribution in [0.4, 0.5) is 5.69 Å². The van der Waals surface area contributed by atoms with Gasteiger partial charge in [0.25, 0.3) is 5.91 Å². The number of phenolic OH excluding ortho intramolecular Hbond substituents is 2. The maximum atomic E-state index is 11.9. The number of fused-ring (bicyclic) bond motifs is 1. The molecule has 0 atom stereocenters. The fourth-order valence-electron chi connectivity index (χ4n) is 2.06. The number of azo groups is 1. The third-order valence-corrected chi connectivity index (χ3v) is 3.11. The molecule has 0 aliphatic rings. The molecule has 0 bridgehead atoms. The summed E-state index contributed by atoms with van der Waals surface area (Å²) in [5, 5.41) is 36.5. The number of benzene rings is 2. The van der Waals surface area contributed by atoms with Crippen LogP contribution in [-0.4, -0.2) is 26.2 Å². The van der Waals surface area contributed by atoms with E-state index in [1.807, 2.05) is 0 Å². The third kappa shape index (κ3) is 2.35. The Morgan fingerprint density at radius 1 is 1.05 bits per heavy atom. The highest BCUT2D eigenvalue weighted by Gasteiger charge is 2.13. The maximum absolute atomic E-state index is 11.9. The lowest BCUT2D eigenvalue weighted by molar-refractivity contribution is 0.0992. The van der Waals surface area contributed by atoms with E-state index in [1.54, 1.807) is 24.3 Å². The van der Waals surface area contributed by atoms with Gasteiger partial charge in [0.15, 0.2) is 5.69 Å². The number of rotatable bonds is 2. The average molecular weight is 297 g/mol. The van der Waals surface area contributed by atoms with Gasteiger partial charge in [-0.25, -0.2) is 0 Å². The lowest BCUT2D eigenvalue weighted by Crippen LogP contribution is -1.93. The van der Waals surface area contributed by atoms with Crippen molar-refractivity contribution < 1.29 is 20.1 Å². The number of carbonyl (C=O) groups excluding carboxylic acids is 1. The number of carbonyl (C=O) groups is 1. The van der Waals surface area contributed by atoms with E-state index >= 15 is 0 Å². The first-order valence-corrected chi connectivity index (χ1v) is 6.34. The second-order valence-corrected chi connectivity index (χ2v) is 4.57. The van der Waals surface area contributed by atoms with Crippen molar-refractivity contribution in [3.05, 3.63) is 48.0 Å². The minimum Gasteiger partial charge on any atom is -0.508 e. The summed E-state index contributed by atoms with van der Waals surface area (Å²) in [7, 11) is 0. The number of nitrogens with zero attached hydrogens (tertiary/aromatic N) is 2. The molecule has 1 amide bonds. The summed E-state index contributed by atoms with van der Waals surface area (Å²) in [4.78, 5) is 14.6. The van der Waals surface area contributed by atoms with E-state index in [9.17, 15) is 20.1 Å². The molecule has 110 valence electrons. The number of aromatic nitrogens is 1. The van der Waals surface area contributed by atoms with Gasteiger partial charge in [0.2, 0.25) is 5.88 Å². The number of para-hydroxylation sites is 1. The Kier molecular flexibility index (Phi) is 3.23. The Morgan fingerprint density at radius 3 is 2.59 bits per heavy atom. The van der Waals surface area contributed by atoms with Gasteiger partial charge in [-0.3, -0.25) is 4.79 Å². The normalized spacial score (nSPS) is 11.3. The van der Waals surface area contributed by atoms with E-state index in [0.717, 1.165) is 6.07 Å². The molecule has 0 unspecified atom stereocenters. The van der Waals surface area contributed by atoms with Crippen LogP contribution in [0.15, 0.2) is 52.7 Å². The van der Waals surface area contributed by atoms with Crippen molar-refractivity contribution in [3.8, 4) is 17.4 Å². The lowest BCUT2D eigenvalue weighted by Gasteiger charge is -1.99. The molecule has 0 aliphatic heterocycles. The van der Waals surface area contributed by atoms with E-state index in [2.05, 4.69) is 15.2 Å². The van der Waals surface area contributed by atoms with E-state index in [0.29, 0.717) is 10.9 Å². The third-order valence-electron chi connectivity index (χ3n) is 3.11. The van der Waals surface area contributed by atoms with Gasteiger partial charge in [0.05, 0.1) is 11.1 Å². The summed E-state index contributed by atoms with van der Waals surface area (Å²) in [5.74, 6) is -1.55. The fourth-order valence-corrected chi connectivity index (χ4v) is 2.06. The van der Waals surface area contributed by atoms with Crippen LogP contribution in [0.2, 0.25) is 0 Å². The first kappa shape index (κ1) is 13.6. The lowest BCUT2D eigenvalue weighted by atomic mass is 10.2. The number of phenols is 2. The average Bonchev–Trinajstić information content (AvgIpc) is 2.80. The van der Waals surface area contributed by atoms with Crippen LogP contribution in [0, 0.1) is 0 Å². The molecule has 0 saturated heterocycles. The van der Waals surface area contributed by atoms with Crippen LogP contribution in [-0.2, 0) is 0 Å². The van der Waals surface area contributed by atoms with Gasteiger partial charge in [-0.1, -0.05) is 18.2 Å². The minimum absolute atomic E-state index is 0.0964. The Balaban J connectivity index is 1.96. The monoisotopic (exact) mass is 297 g/mol. The summed E-state index contributed by atoms with van der Waals surface area (Å²) in [6.07, 6.45) is 0. The van der Waals surface area contributed by atoms with Crippen LogP contribution in [0.1, 0.15) is 10.4 Å². The molecule has 4 N–H and O–H groups in total. The van der Waals surface area contributed by atoms with E-state index < -0.39 is 11.7 Å². The SMILES string of the molecule is O=C(N=Nc1c(O)[nH]c2ccccc12)c1ccc(O)cc1O. The maximum Gasteiger partial charge on any atom is 0.299 e. The first-order chi connectivity index (χ1) is 10.6. The molecule has 7 nitrogen and oxygen atoms in total. The molecule has 3 aromatic rings. The number of nitrogens with one attached hydrogen (secondary N) is 1. The minimum atomic E-state index is -0.790. The van der Waals surface area contributed by atoms with Crippen molar-refractivity contribution in [1.82, 2.24) is 4.98 Å². The highest BCUT2D eigenvalue weighted by Crippen LogP contribution is 2.35. The zero-order valence-electron chi connectivity index (χ0n) is 11.2. The largest absolute Gasteiger partial charge is 0.508 e. The Bertz CT molecular complexity index is 899. The summed E-state index contributed by atoms with van der Waals surface area (Å²) in [6.45, 7) is 0. The van der Waals surface area contributed by atoms with E-state index in [-0.39, 0.29) is 22.9 Å². The van der Waals surface area contributed by atoms with E-state index in [1.165, 1.54) is 12.1 Å². The molecule has 0 saturated carbocycles. The molecule has 7 heteroatoms. The molecule has 3 rings (SSSR count). The van der Waals surface area contributed by atoms with Crippen LogP contribution in [0.3, 0.4) is 0 Å². The Labute approximate surface area is 124 Å². The molecule has 1 heterocycles. The van der Waals surface area contributed by atoms with Gasteiger partial charge in [-0.05, 0) is 18.2 Å². The molecular weight excluding hydrogens is 286 g/mol. The molecule has 0 aliphatic carbocycles. The smallest absolute Gasteiger partial charge is 0.299 e. The van der Waals surface area contributed by atoms with Gasteiger partial charge < -0.3 is 20.3 Å². The molecule has 0 radical (unpaired) electrons. The van der Waals surface area contributed by atoms with Crippen molar-refractivity contribution in [2.45, 2.75) is 0 Å². The predicted molar refractivity (Wildman–Crippen MR) is 78.6 cm³/mol. The summed E-state index contributed by atoms with van der Waals surface area (Å²) in [5.41, 5.74) is 0.706. The van der Waals surface area contributed by atoms with Gasteiger partial charge >= 0.3 is 0 Å². The molecular formula is C15H11N3O4. The molecule has 22 heavy (non-hydrogen) atoms. The zero-order valence-corrected chi connectivity index (χ0v) is 11.2. The molecule has 2 aromatic carbocycles. The van der Waals surface area contributed by atoms with Crippen molar-refractivity contribution in [2.24, 2.45) is 10.2 Å². The summed E-state index contributed by atoms with van der Waals surface area (Å²) < 4.78 is 0. The zero-order chi connectivity index (χ0) is 15.7. The van der Waals surface area contributed by atoms with Crippen molar-refractivity contribution in [1.29, 1.82) is 0 Å². The number of aromatic amines is 1. The standard InChI is InChI=1S/C15H11N3O4/c19-8-5-6-10(12(20)7-8)14(21)18-17-13-9-3-1-2-4-11(9)16-15(13)22/h1-7,16,19-20,22H. The van der Waals surface area contributed by atoms with Crippen LogP contribution >= 0.6 is 0 Å². The van der Waals surface area contributed by atoms with E-state index in [4.69, 9.17) is 0 Å². The molecule has 0 fully saturated rings. The summed E-state index contributed by atoms with van der Waals surface area (Å²) in [6, 6.07) is 10.6. The van der Waals surface area contributed by atoms with Gasteiger partial charge in [0, 0.05) is 11.5 Å². The van der Waals surface area contributed by atoms with Crippen molar-refractivity contribution in [2.75, 3.05) is 0 Å². The number of amides is 1. The van der Waals surface area contributed by atoms with Crippen LogP contribution < -0.4 is 0 Å². The number of H-pyrrole nitrogens is 1. The second kappa shape index (κ2) is 5.21. The van der Waals surface area contributed by atoms with Gasteiger partial charge in [-0.2, -0.15) is 0 Å². The number of hydrogen-bond donors (Lipinski definition) is 4. The van der Waals surface area contributed by atoms with Crippen LogP contribution in [0.5, 0.6) is 17.4 Å². The molecule has 1 aromatic heterocycles. The van der Waals surface area contributed by atoms with Gasteiger partial charge in [-0.15, -0.1) is 10.2 Å². The summed E-state index contributed by atoms with van der Waals surface area (Å²) >= 11 is 0. The Hall–Kier alpha value is -3.35. The fraction of sp³-hybridized carbons (Fsp3) is 0. The van der Waals surface area contributed by atoms with Crippen molar-refractivity contribution in [3.63, 3.8) is 0 Å². The highest BCUT2D eigenvalue weighted by atomic mass is 16.3. The molecule has 0 spiro atoms. The quantitative estimate of drug-likeness (QED) is 0.543. The Morgan fingerprint density at radius 2 is 1.82 bits per heavy atom. The predicted octanol–water partition coefficient (Wildman–Crippen LogP) is 3.21. The van der Waals surface area contributed by atoms with Gasteiger partial charge in [0.1, 0.15) is 11.5 Å². The highest BCUT2D eigenvalue weighted by molar-refractivity contribution is 5.98. The second-order valence-electron chi connectivity index (χ2n) is 4.57. The number of aromatic hydroxyl groups is 3. The number of hydrogen-bond acceptors (Lipinski definition) is 5.